The molecule has 22 heavy (non-hydrogen) atoms. The van der Waals surface area contributed by atoms with Crippen LogP contribution in [0.5, 0.6) is 5.75 Å². The number of hydrogen-bond donors (Lipinski definition) is 0. The van der Waals surface area contributed by atoms with Crippen LogP contribution >= 0.6 is 0 Å². The van der Waals surface area contributed by atoms with Gasteiger partial charge < -0.3 is 9.64 Å². The second-order valence-corrected chi connectivity index (χ2v) is 5.69. The van der Waals surface area contributed by atoms with Crippen LogP contribution in [0.3, 0.4) is 0 Å². The van der Waals surface area contributed by atoms with Crippen molar-refractivity contribution in [3.05, 3.63) is 59.9 Å². The van der Waals surface area contributed by atoms with Gasteiger partial charge >= 0.3 is 0 Å². The molecular formula is C18H20N2O2. The third-order valence-corrected chi connectivity index (χ3v) is 3.97. The van der Waals surface area contributed by atoms with Crippen molar-refractivity contribution in [1.29, 1.82) is 0 Å². The van der Waals surface area contributed by atoms with Gasteiger partial charge in [-0.15, -0.1) is 0 Å². The van der Waals surface area contributed by atoms with Crippen molar-refractivity contribution in [2.24, 2.45) is 0 Å². The third-order valence-electron chi connectivity index (χ3n) is 3.97. The number of nitrogens with zero attached hydrogens (tertiary/aromatic N) is 2. The molecule has 1 atom stereocenters. The molecule has 1 aliphatic rings. The van der Waals surface area contributed by atoms with E-state index < -0.39 is 0 Å². The lowest BCUT2D eigenvalue weighted by Gasteiger charge is -2.21. The van der Waals surface area contributed by atoms with Gasteiger partial charge in [-0.05, 0) is 29.7 Å². The Morgan fingerprint density at radius 2 is 2.18 bits per heavy atom. The fourth-order valence-corrected chi connectivity index (χ4v) is 2.75. The minimum absolute atomic E-state index is 0.0599. The number of amides is 1. The summed E-state index contributed by atoms with van der Waals surface area (Å²) >= 11 is 0. The van der Waals surface area contributed by atoms with Gasteiger partial charge in [0.25, 0.3) is 0 Å². The number of benzene rings is 1. The molecule has 0 radical (unpaired) electrons. The molecule has 0 fully saturated rings. The summed E-state index contributed by atoms with van der Waals surface area (Å²) in [5, 5.41) is 0. The molecule has 1 aromatic carbocycles. The zero-order chi connectivity index (χ0) is 15.4. The summed E-state index contributed by atoms with van der Waals surface area (Å²) in [5.41, 5.74) is 2.32. The van der Waals surface area contributed by atoms with Crippen molar-refractivity contribution >= 4 is 5.91 Å². The van der Waals surface area contributed by atoms with E-state index in [9.17, 15) is 4.79 Å². The molecule has 1 aromatic heterocycles. The fourth-order valence-electron chi connectivity index (χ4n) is 2.75. The number of pyridine rings is 1. The Labute approximate surface area is 130 Å². The third kappa shape index (κ3) is 3.45. The molecule has 3 rings (SSSR count). The molecule has 0 saturated heterocycles. The molecule has 2 heterocycles. The van der Waals surface area contributed by atoms with Crippen LogP contribution in [0, 0.1) is 0 Å². The molecule has 0 aliphatic carbocycles. The summed E-state index contributed by atoms with van der Waals surface area (Å²) in [5.74, 6) is 1.09. The smallest absolute Gasteiger partial charge is 0.222 e. The van der Waals surface area contributed by atoms with Gasteiger partial charge in [0.2, 0.25) is 5.91 Å². The first kappa shape index (κ1) is 14.6. The molecule has 4 nitrogen and oxygen atoms in total. The summed E-state index contributed by atoms with van der Waals surface area (Å²) in [4.78, 5) is 18.1. The lowest BCUT2D eigenvalue weighted by atomic mass is 10.1. The molecular weight excluding hydrogens is 276 g/mol. The lowest BCUT2D eigenvalue weighted by molar-refractivity contribution is -0.130. The highest BCUT2D eigenvalue weighted by molar-refractivity contribution is 5.76. The van der Waals surface area contributed by atoms with Gasteiger partial charge in [-0.3, -0.25) is 9.78 Å². The summed E-state index contributed by atoms with van der Waals surface area (Å²) in [6, 6.07) is 12.0. The number of hydrogen-bond acceptors (Lipinski definition) is 3. The van der Waals surface area contributed by atoms with Gasteiger partial charge in [-0.2, -0.15) is 0 Å². The van der Waals surface area contributed by atoms with E-state index in [0.29, 0.717) is 13.0 Å². The first-order valence-electron chi connectivity index (χ1n) is 7.60. The second-order valence-electron chi connectivity index (χ2n) is 5.69. The van der Waals surface area contributed by atoms with Gasteiger partial charge in [-0.1, -0.05) is 24.3 Å². The fraction of sp³-hybridized carbons (Fsp3) is 0.333. The molecule has 1 aliphatic heterocycles. The summed E-state index contributed by atoms with van der Waals surface area (Å²) in [7, 11) is 1.85. The van der Waals surface area contributed by atoms with Crippen molar-refractivity contribution in [3.8, 4) is 5.75 Å². The first-order valence-corrected chi connectivity index (χ1v) is 7.60. The Hall–Kier alpha value is -2.36. The van der Waals surface area contributed by atoms with Gasteiger partial charge in [0.15, 0.2) is 0 Å². The SMILES string of the molecule is CN(CC1Cc2ccccc2O1)C(=O)CCc1cccnc1. The first-order chi connectivity index (χ1) is 10.7. The van der Waals surface area contributed by atoms with Crippen LogP contribution in [-0.2, 0) is 17.6 Å². The lowest BCUT2D eigenvalue weighted by Crippen LogP contribution is -2.36. The molecule has 1 amide bonds. The van der Waals surface area contributed by atoms with Crippen molar-refractivity contribution in [3.63, 3.8) is 0 Å². The molecule has 114 valence electrons. The van der Waals surface area contributed by atoms with Crippen molar-refractivity contribution in [2.75, 3.05) is 13.6 Å². The van der Waals surface area contributed by atoms with Gasteiger partial charge in [-0.25, -0.2) is 0 Å². The van der Waals surface area contributed by atoms with Gasteiger partial charge in [0.1, 0.15) is 11.9 Å². The normalized spacial score (nSPS) is 16.0. The maximum Gasteiger partial charge on any atom is 0.222 e. The maximum absolute atomic E-state index is 12.2. The largest absolute Gasteiger partial charge is 0.488 e. The monoisotopic (exact) mass is 296 g/mol. The number of likely N-dealkylation sites (N-methyl/N-ethyl adjacent to an activating group) is 1. The molecule has 4 heteroatoms. The number of para-hydroxylation sites is 1. The van der Waals surface area contributed by atoms with Gasteiger partial charge in [0, 0.05) is 32.3 Å². The standard InChI is InChI=1S/C18H20N2O2/c1-20(18(21)9-8-14-5-4-10-19-12-14)13-16-11-15-6-2-3-7-17(15)22-16/h2-7,10,12,16H,8-9,11,13H2,1H3. The summed E-state index contributed by atoms with van der Waals surface area (Å²) < 4.78 is 5.89. The number of aryl methyl sites for hydroxylation is 1. The zero-order valence-electron chi connectivity index (χ0n) is 12.7. The quantitative estimate of drug-likeness (QED) is 0.851. The Bertz CT molecular complexity index is 618. The average Bonchev–Trinajstić information content (AvgIpc) is 2.95. The van der Waals surface area contributed by atoms with E-state index >= 15 is 0 Å². The highest BCUT2D eigenvalue weighted by atomic mass is 16.5. The molecule has 0 N–H and O–H groups in total. The zero-order valence-corrected chi connectivity index (χ0v) is 12.7. The molecule has 2 aromatic rings. The predicted octanol–water partition coefficient (Wildman–Crippen LogP) is 2.48. The summed E-state index contributed by atoms with van der Waals surface area (Å²) in [6.45, 7) is 0.626. The number of rotatable bonds is 5. The summed E-state index contributed by atoms with van der Waals surface area (Å²) in [6.07, 6.45) is 5.71. The Morgan fingerprint density at radius 3 is 2.95 bits per heavy atom. The van der Waals surface area contributed by atoms with Crippen LogP contribution in [0.15, 0.2) is 48.8 Å². The minimum Gasteiger partial charge on any atom is -0.488 e. The van der Waals surface area contributed by atoms with E-state index in [2.05, 4.69) is 11.1 Å². The maximum atomic E-state index is 12.2. The number of ether oxygens (including phenoxy) is 1. The Balaban J connectivity index is 1.48. The number of carbonyl (C=O) groups excluding carboxylic acids is 1. The van der Waals surface area contributed by atoms with E-state index in [-0.39, 0.29) is 12.0 Å². The van der Waals surface area contributed by atoms with E-state index in [1.165, 1.54) is 5.56 Å². The van der Waals surface area contributed by atoms with Crippen molar-refractivity contribution in [1.82, 2.24) is 9.88 Å². The van der Waals surface area contributed by atoms with E-state index in [1.807, 2.05) is 43.6 Å². The average molecular weight is 296 g/mol. The topological polar surface area (TPSA) is 42.4 Å². The van der Waals surface area contributed by atoms with Crippen molar-refractivity contribution in [2.45, 2.75) is 25.4 Å². The number of fused-ring (bicyclic) bond motifs is 1. The van der Waals surface area contributed by atoms with Crippen molar-refractivity contribution < 1.29 is 9.53 Å². The Kier molecular flexibility index (Phi) is 4.37. The van der Waals surface area contributed by atoms with E-state index in [1.54, 1.807) is 11.1 Å². The molecule has 1 unspecified atom stereocenters. The van der Waals surface area contributed by atoms with E-state index in [4.69, 9.17) is 4.74 Å². The van der Waals surface area contributed by atoms with Crippen LogP contribution in [-0.4, -0.2) is 35.5 Å². The van der Waals surface area contributed by atoms with Crippen LogP contribution in [0.25, 0.3) is 0 Å². The highest BCUT2D eigenvalue weighted by Gasteiger charge is 2.24. The Morgan fingerprint density at radius 1 is 1.32 bits per heavy atom. The molecule has 0 saturated carbocycles. The molecule has 0 spiro atoms. The van der Waals surface area contributed by atoms with Gasteiger partial charge in [0.05, 0.1) is 6.54 Å². The minimum atomic E-state index is 0.0599. The van der Waals surface area contributed by atoms with Crippen LogP contribution in [0.2, 0.25) is 0 Å². The predicted molar refractivity (Wildman–Crippen MR) is 84.8 cm³/mol. The van der Waals surface area contributed by atoms with Crippen LogP contribution < -0.4 is 4.74 Å². The highest BCUT2D eigenvalue weighted by Crippen LogP contribution is 2.28. The molecule has 0 bridgehead atoms. The van der Waals surface area contributed by atoms with E-state index in [0.717, 1.165) is 24.2 Å². The number of aromatic nitrogens is 1. The van der Waals surface area contributed by atoms with Crippen LogP contribution in [0.4, 0.5) is 0 Å². The number of carbonyl (C=O) groups is 1. The second kappa shape index (κ2) is 6.60. The van der Waals surface area contributed by atoms with Crippen LogP contribution in [0.1, 0.15) is 17.5 Å².